The summed E-state index contributed by atoms with van der Waals surface area (Å²) < 4.78 is 17.8. The maximum Gasteiger partial charge on any atom is 0.500 e. The molecule has 0 spiro atoms. The van der Waals surface area contributed by atoms with Gasteiger partial charge >= 0.3 is 8.80 Å². The van der Waals surface area contributed by atoms with Crippen molar-refractivity contribution >= 4 is 8.80 Å². The van der Waals surface area contributed by atoms with E-state index in [9.17, 15) is 0 Å². The summed E-state index contributed by atoms with van der Waals surface area (Å²) in [6.45, 7) is 9.03. The second-order valence-corrected chi connectivity index (χ2v) is 12.7. The molecule has 0 aliphatic heterocycles. The van der Waals surface area contributed by atoms with E-state index in [0.29, 0.717) is 19.8 Å². The highest BCUT2D eigenvalue weighted by molar-refractivity contribution is 6.60. The van der Waals surface area contributed by atoms with Crippen LogP contribution >= 0.6 is 0 Å². The van der Waals surface area contributed by atoms with Crippen LogP contribution in [0.2, 0.25) is 6.04 Å². The third-order valence-electron chi connectivity index (χ3n) is 6.78. The Morgan fingerprint density at radius 1 is 0.382 bits per heavy atom. The lowest BCUT2D eigenvalue weighted by molar-refractivity contribution is 0.0706. The van der Waals surface area contributed by atoms with Crippen LogP contribution in [0.4, 0.5) is 0 Å². The number of hydrogen-bond acceptors (Lipinski definition) is 4. The van der Waals surface area contributed by atoms with E-state index in [1.165, 1.54) is 135 Å². The van der Waals surface area contributed by atoms with Crippen LogP contribution < -0.4 is 5.73 Å². The first-order valence-corrected chi connectivity index (χ1v) is 17.3. The summed E-state index contributed by atoms with van der Waals surface area (Å²) in [6, 6.07) is 0.970. The standard InChI is InChI=1S/C29H63NO3Si/c1-4-31-34(32-5-2,33-6-3)29-27-25-23-21-19-17-15-13-11-9-7-8-10-12-14-16-18-20-22-24-26-28-30/h4-30H2,1-3H3. The number of hydrogen-bond donors (Lipinski definition) is 1. The fourth-order valence-electron chi connectivity index (χ4n) is 4.85. The Balaban J connectivity index is 3.33. The lowest BCUT2D eigenvalue weighted by Gasteiger charge is -2.28. The molecule has 0 heterocycles. The third-order valence-corrected chi connectivity index (χ3v) is 9.93. The van der Waals surface area contributed by atoms with Gasteiger partial charge in [-0.15, -0.1) is 0 Å². The van der Waals surface area contributed by atoms with Gasteiger partial charge in [-0.2, -0.15) is 0 Å². The highest BCUT2D eigenvalue weighted by atomic mass is 28.4. The van der Waals surface area contributed by atoms with Crippen LogP contribution in [0.25, 0.3) is 0 Å². The van der Waals surface area contributed by atoms with E-state index in [2.05, 4.69) is 0 Å². The predicted molar refractivity (Wildman–Crippen MR) is 151 cm³/mol. The summed E-state index contributed by atoms with van der Waals surface area (Å²) in [5, 5.41) is 0. The van der Waals surface area contributed by atoms with Crippen molar-refractivity contribution in [3.8, 4) is 0 Å². The van der Waals surface area contributed by atoms with Crippen LogP contribution in [0.1, 0.15) is 156 Å². The van der Waals surface area contributed by atoms with Gasteiger partial charge in [0.25, 0.3) is 0 Å². The van der Waals surface area contributed by atoms with Gasteiger partial charge in [-0.3, -0.25) is 0 Å². The van der Waals surface area contributed by atoms with Crippen LogP contribution in [0.3, 0.4) is 0 Å². The van der Waals surface area contributed by atoms with Gasteiger partial charge in [-0.25, -0.2) is 0 Å². The third kappa shape index (κ3) is 22.5. The summed E-state index contributed by atoms with van der Waals surface area (Å²) in [7, 11) is -2.41. The smallest absolute Gasteiger partial charge is 0.374 e. The molecule has 0 saturated carbocycles. The SMILES string of the molecule is CCO[Si](CCCCCCCCCCCCCCCCCCCCCCCN)(OCC)OCC. The molecule has 0 aromatic rings. The summed E-state index contributed by atoms with van der Waals surface area (Å²) in [5.74, 6) is 0. The molecule has 0 rings (SSSR count). The number of unbranched alkanes of at least 4 members (excludes halogenated alkanes) is 20. The minimum absolute atomic E-state index is 0.683. The summed E-state index contributed by atoms with van der Waals surface area (Å²) >= 11 is 0. The van der Waals surface area contributed by atoms with E-state index in [4.69, 9.17) is 19.0 Å². The quantitative estimate of drug-likeness (QED) is 0.0819. The van der Waals surface area contributed by atoms with E-state index in [1.54, 1.807) is 0 Å². The Kier molecular flexibility index (Phi) is 27.7. The Bertz CT molecular complexity index is 367. The number of rotatable bonds is 29. The van der Waals surface area contributed by atoms with E-state index >= 15 is 0 Å². The Morgan fingerprint density at radius 2 is 0.618 bits per heavy atom. The molecular weight excluding hydrogens is 438 g/mol. The fraction of sp³-hybridized carbons (Fsp3) is 1.00. The maximum atomic E-state index is 5.95. The van der Waals surface area contributed by atoms with Crippen molar-refractivity contribution in [3.63, 3.8) is 0 Å². The Morgan fingerprint density at radius 3 is 0.853 bits per heavy atom. The van der Waals surface area contributed by atoms with E-state index < -0.39 is 8.80 Å². The van der Waals surface area contributed by atoms with Gasteiger partial charge in [0.05, 0.1) is 0 Å². The monoisotopic (exact) mass is 501 g/mol. The van der Waals surface area contributed by atoms with Crippen molar-refractivity contribution in [2.45, 2.75) is 162 Å². The Hall–Kier alpha value is 0.0569. The van der Waals surface area contributed by atoms with Crippen LogP contribution in [-0.4, -0.2) is 35.2 Å². The molecule has 206 valence electrons. The highest BCUT2D eigenvalue weighted by Gasteiger charge is 2.39. The van der Waals surface area contributed by atoms with Crippen LogP contribution in [0.15, 0.2) is 0 Å². The average molecular weight is 502 g/mol. The molecule has 34 heavy (non-hydrogen) atoms. The normalized spacial score (nSPS) is 12.0. The van der Waals surface area contributed by atoms with E-state index in [-0.39, 0.29) is 0 Å². The molecular formula is C29H63NO3Si. The van der Waals surface area contributed by atoms with Gasteiger partial charge in [-0.1, -0.05) is 122 Å². The molecule has 0 aliphatic carbocycles. The van der Waals surface area contributed by atoms with Gasteiger partial charge in [0, 0.05) is 25.9 Å². The van der Waals surface area contributed by atoms with Gasteiger partial charge < -0.3 is 19.0 Å². The Labute approximate surface area is 215 Å². The largest absolute Gasteiger partial charge is 0.500 e. The second kappa shape index (κ2) is 27.6. The zero-order valence-corrected chi connectivity index (χ0v) is 24.7. The predicted octanol–water partition coefficient (Wildman–Crippen LogP) is 9.19. The molecule has 0 aromatic carbocycles. The molecule has 2 N–H and O–H groups in total. The van der Waals surface area contributed by atoms with Crippen molar-refractivity contribution in [2.24, 2.45) is 5.73 Å². The lowest BCUT2D eigenvalue weighted by atomic mass is 10.0. The second-order valence-electron chi connectivity index (χ2n) is 9.95. The first kappa shape index (κ1) is 34.1. The average Bonchev–Trinajstić information content (AvgIpc) is 2.83. The molecule has 0 aliphatic rings. The van der Waals surface area contributed by atoms with Gasteiger partial charge in [0.15, 0.2) is 0 Å². The van der Waals surface area contributed by atoms with Crippen LogP contribution in [-0.2, 0) is 13.3 Å². The molecule has 0 atom stereocenters. The summed E-state index contributed by atoms with van der Waals surface area (Å²) in [4.78, 5) is 0. The van der Waals surface area contributed by atoms with Crippen molar-refractivity contribution in [1.29, 1.82) is 0 Å². The molecule has 0 radical (unpaired) electrons. The minimum Gasteiger partial charge on any atom is -0.374 e. The van der Waals surface area contributed by atoms with Crippen LogP contribution in [0.5, 0.6) is 0 Å². The molecule has 4 nitrogen and oxygen atoms in total. The van der Waals surface area contributed by atoms with E-state index in [1.807, 2.05) is 20.8 Å². The van der Waals surface area contributed by atoms with Gasteiger partial charge in [0.1, 0.15) is 0 Å². The van der Waals surface area contributed by atoms with Gasteiger partial charge in [-0.05, 0) is 40.2 Å². The fourth-order valence-corrected chi connectivity index (χ4v) is 7.53. The highest BCUT2D eigenvalue weighted by Crippen LogP contribution is 2.21. The molecule has 0 bridgehead atoms. The van der Waals surface area contributed by atoms with Crippen molar-refractivity contribution in [1.82, 2.24) is 0 Å². The van der Waals surface area contributed by atoms with Gasteiger partial charge in [0.2, 0.25) is 0 Å². The zero-order valence-electron chi connectivity index (χ0n) is 23.7. The first-order valence-electron chi connectivity index (χ1n) is 15.4. The van der Waals surface area contributed by atoms with E-state index in [0.717, 1.165) is 12.6 Å². The molecule has 0 aromatic heterocycles. The molecule has 5 heteroatoms. The summed E-state index contributed by atoms with van der Waals surface area (Å²) in [6.07, 6.45) is 29.2. The zero-order chi connectivity index (χ0) is 25.0. The van der Waals surface area contributed by atoms with Crippen LogP contribution in [0, 0.1) is 0 Å². The lowest BCUT2D eigenvalue weighted by Crippen LogP contribution is -2.45. The number of nitrogens with two attached hydrogens (primary N) is 1. The summed E-state index contributed by atoms with van der Waals surface area (Å²) in [5.41, 5.74) is 5.54. The first-order chi connectivity index (χ1) is 16.7. The maximum absolute atomic E-state index is 5.95. The van der Waals surface area contributed by atoms with Crippen molar-refractivity contribution in [3.05, 3.63) is 0 Å². The van der Waals surface area contributed by atoms with Crippen molar-refractivity contribution < 1.29 is 13.3 Å². The molecule has 0 amide bonds. The minimum atomic E-state index is -2.41. The molecule has 0 unspecified atom stereocenters. The topological polar surface area (TPSA) is 53.7 Å². The molecule has 0 fully saturated rings. The van der Waals surface area contributed by atoms with Crippen molar-refractivity contribution in [2.75, 3.05) is 26.4 Å². The molecule has 0 saturated heterocycles.